The number of anilines is 2. The fourth-order valence-corrected chi connectivity index (χ4v) is 2.77. The van der Waals surface area contributed by atoms with E-state index in [0.717, 1.165) is 35.2 Å². The first-order chi connectivity index (χ1) is 9.58. The minimum absolute atomic E-state index is 0.254. The molecule has 0 aromatic carbocycles. The molecule has 2 aromatic heterocycles. The summed E-state index contributed by atoms with van der Waals surface area (Å²) < 4.78 is 0. The zero-order chi connectivity index (χ0) is 14.6. The van der Waals surface area contributed by atoms with Gasteiger partial charge >= 0.3 is 0 Å². The van der Waals surface area contributed by atoms with Crippen LogP contribution in [-0.2, 0) is 12.0 Å². The van der Waals surface area contributed by atoms with E-state index >= 15 is 0 Å². The number of hydrogen-bond acceptors (Lipinski definition) is 6. The molecule has 108 valence electrons. The number of nitrogens with zero attached hydrogens (tertiary/aromatic N) is 3. The maximum absolute atomic E-state index is 4.40. The first-order valence-corrected chi connectivity index (χ1v) is 7.72. The summed E-state index contributed by atoms with van der Waals surface area (Å²) >= 11 is 1.64. The van der Waals surface area contributed by atoms with Crippen LogP contribution in [0.3, 0.4) is 0 Å². The average Bonchev–Trinajstić information content (AvgIpc) is 2.94. The molecule has 0 bridgehead atoms. The third-order valence-electron chi connectivity index (χ3n) is 3.04. The molecular formula is C14H21N5S. The van der Waals surface area contributed by atoms with Crippen molar-refractivity contribution in [3.05, 3.63) is 28.5 Å². The second-order valence-corrected chi connectivity index (χ2v) is 5.92. The van der Waals surface area contributed by atoms with E-state index in [9.17, 15) is 0 Å². The molecule has 0 aliphatic rings. The summed E-state index contributed by atoms with van der Waals surface area (Å²) in [5.74, 6) is 1.78. The molecule has 0 atom stereocenters. The Balaban J connectivity index is 2.31. The van der Waals surface area contributed by atoms with Gasteiger partial charge in [0.2, 0.25) is 0 Å². The number of rotatable bonds is 6. The van der Waals surface area contributed by atoms with Gasteiger partial charge in [-0.1, -0.05) is 6.92 Å². The molecule has 0 unspecified atom stereocenters. The smallest absolute Gasteiger partial charge is 0.135 e. The van der Waals surface area contributed by atoms with E-state index in [4.69, 9.17) is 0 Å². The lowest BCUT2D eigenvalue weighted by molar-refractivity contribution is 0.599. The van der Waals surface area contributed by atoms with Gasteiger partial charge in [0.25, 0.3) is 0 Å². The largest absolute Gasteiger partial charge is 0.370 e. The molecule has 0 amide bonds. The van der Waals surface area contributed by atoms with Gasteiger partial charge in [-0.3, -0.25) is 0 Å². The quantitative estimate of drug-likeness (QED) is 0.855. The summed E-state index contributed by atoms with van der Waals surface area (Å²) in [6, 6.07) is 0. The van der Waals surface area contributed by atoms with Crippen molar-refractivity contribution in [2.24, 2.45) is 0 Å². The second-order valence-electron chi connectivity index (χ2n) is 5.02. The summed E-state index contributed by atoms with van der Waals surface area (Å²) in [4.78, 5) is 13.1. The molecular weight excluding hydrogens is 270 g/mol. The molecule has 2 N–H and O–H groups in total. The van der Waals surface area contributed by atoms with Gasteiger partial charge in [-0.15, -0.1) is 11.3 Å². The molecule has 0 saturated heterocycles. The Morgan fingerprint density at radius 3 is 2.50 bits per heavy atom. The minimum Gasteiger partial charge on any atom is -0.370 e. The fraction of sp³-hybridized carbons (Fsp3) is 0.500. The summed E-state index contributed by atoms with van der Waals surface area (Å²) in [6.45, 7) is 9.25. The van der Waals surface area contributed by atoms with Crippen LogP contribution < -0.4 is 10.6 Å². The molecule has 0 spiro atoms. The van der Waals surface area contributed by atoms with Crippen LogP contribution in [0, 0.1) is 0 Å². The Kier molecular flexibility index (Phi) is 4.54. The molecule has 0 fully saturated rings. The summed E-state index contributed by atoms with van der Waals surface area (Å²) in [5, 5.41) is 9.81. The maximum atomic E-state index is 4.40. The lowest BCUT2D eigenvalue weighted by atomic mass is 10.1. The number of nitrogens with one attached hydrogen (secondary N) is 2. The van der Waals surface area contributed by atoms with Crippen LogP contribution in [0.25, 0.3) is 0 Å². The van der Waals surface area contributed by atoms with Gasteiger partial charge < -0.3 is 10.6 Å². The first kappa shape index (κ1) is 14.7. The highest BCUT2D eigenvalue weighted by molar-refractivity contribution is 7.09. The highest BCUT2D eigenvalue weighted by Gasteiger charge is 2.25. The summed E-state index contributed by atoms with van der Waals surface area (Å²) in [7, 11) is 0. The van der Waals surface area contributed by atoms with Crippen molar-refractivity contribution in [2.75, 3.05) is 17.2 Å². The predicted octanol–water partition coefficient (Wildman–Crippen LogP) is 3.27. The molecule has 2 aromatic rings. The van der Waals surface area contributed by atoms with Crippen LogP contribution in [0.5, 0.6) is 0 Å². The highest BCUT2D eigenvalue weighted by Crippen LogP contribution is 2.29. The predicted molar refractivity (Wildman–Crippen MR) is 84.3 cm³/mol. The van der Waals surface area contributed by atoms with Crippen molar-refractivity contribution in [1.82, 2.24) is 15.0 Å². The van der Waals surface area contributed by atoms with E-state index in [0.29, 0.717) is 0 Å². The van der Waals surface area contributed by atoms with Gasteiger partial charge in [0.15, 0.2) is 0 Å². The minimum atomic E-state index is -0.254. The van der Waals surface area contributed by atoms with E-state index in [-0.39, 0.29) is 5.54 Å². The zero-order valence-electron chi connectivity index (χ0n) is 12.4. The van der Waals surface area contributed by atoms with Gasteiger partial charge in [0, 0.05) is 23.7 Å². The van der Waals surface area contributed by atoms with Crippen molar-refractivity contribution in [2.45, 2.75) is 39.7 Å². The van der Waals surface area contributed by atoms with Crippen molar-refractivity contribution in [1.29, 1.82) is 0 Å². The normalized spacial score (nSPS) is 11.4. The topological polar surface area (TPSA) is 62.7 Å². The molecule has 2 rings (SSSR count). The van der Waals surface area contributed by atoms with Gasteiger partial charge in [-0.2, -0.15) is 0 Å². The van der Waals surface area contributed by atoms with E-state index in [1.54, 1.807) is 17.7 Å². The molecule has 2 heterocycles. The van der Waals surface area contributed by atoms with Crippen LogP contribution in [0.4, 0.5) is 11.6 Å². The second kappa shape index (κ2) is 6.17. The Hall–Kier alpha value is -1.69. The molecule has 0 aliphatic heterocycles. The van der Waals surface area contributed by atoms with E-state index in [2.05, 4.69) is 53.3 Å². The van der Waals surface area contributed by atoms with Crippen molar-refractivity contribution < 1.29 is 0 Å². The lowest BCUT2D eigenvalue weighted by Crippen LogP contribution is -2.29. The Bertz CT molecular complexity index is 551. The van der Waals surface area contributed by atoms with Gasteiger partial charge in [0.1, 0.15) is 23.0 Å². The van der Waals surface area contributed by atoms with Crippen LogP contribution in [0.15, 0.2) is 17.9 Å². The Labute approximate surface area is 123 Å². The highest BCUT2D eigenvalue weighted by atomic mass is 32.1. The molecule has 0 saturated carbocycles. The summed E-state index contributed by atoms with van der Waals surface area (Å²) in [6.07, 6.45) is 4.30. The molecule has 0 radical (unpaired) electrons. The third kappa shape index (κ3) is 3.07. The fourth-order valence-electron chi connectivity index (χ4n) is 2.06. The van der Waals surface area contributed by atoms with Gasteiger partial charge in [-0.25, -0.2) is 15.0 Å². The lowest BCUT2D eigenvalue weighted by Gasteiger charge is -2.26. The number of thiazole rings is 1. The van der Waals surface area contributed by atoms with E-state index in [1.165, 1.54) is 0 Å². The SMILES string of the molecule is CCNc1ncnc(NC(C)(C)c2nccs2)c1CC. The van der Waals surface area contributed by atoms with Crippen LogP contribution >= 0.6 is 11.3 Å². The van der Waals surface area contributed by atoms with Crippen LogP contribution in [0.2, 0.25) is 0 Å². The monoisotopic (exact) mass is 291 g/mol. The Morgan fingerprint density at radius 2 is 1.90 bits per heavy atom. The van der Waals surface area contributed by atoms with Gasteiger partial charge in [-0.05, 0) is 27.2 Å². The molecule has 5 nitrogen and oxygen atoms in total. The van der Waals surface area contributed by atoms with Crippen LogP contribution in [-0.4, -0.2) is 21.5 Å². The Morgan fingerprint density at radius 1 is 1.15 bits per heavy atom. The molecule has 6 heteroatoms. The third-order valence-corrected chi connectivity index (χ3v) is 4.14. The average molecular weight is 291 g/mol. The number of hydrogen-bond donors (Lipinski definition) is 2. The van der Waals surface area contributed by atoms with Crippen molar-refractivity contribution in [3.8, 4) is 0 Å². The maximum Gasteiger partial charge on any atom is 0.135 e. The van der Waals surface area contributed by atoms with Crippen molar-refractivity contribution >= 4 is 23.0 Å². The van der Waals surface area contributed by atoms with Crippen LogP contribution in [0.1, 0.15) is 38.3 Å². The van der Waals surface area contributed by atoms with Crippen molar-refractivity contribution in [3.63, 3.8) is 0 Å². The van der Waals surface area contributed by atoms with E-state index < -0.39 is 0 Å². The standard InChI is InChI=1S/C14H21N5S/c1-5-10-11(15-6-2)17-9-18-12(10)19-14(3,4)13-16-7-8-20-13/h7-9H,5-6H2,1-4H3,(H2,15,17,18,19). The molecule has 20 heavy (non-hydrogen) atoms. The molecule has 0 aliphatic carbocycles. The first-order valence-electron chi connectivity index (χ1n) is 6.84. The number of aromatic nitrogens is 3. The zero-order valence-corrected chi connectivity index (χ0v) is 13.2. The summed E-state index contributed by atoms with van der Waals surface area (Å²) in [5.41, 5.74) is 0.856. The van der Waals surface area contributed by atoms with Gasteiger partial charge in [0.05, 0.1) is 5.54 Å². The van der Waals surface area contributed by atoms with E-state index in [1.807, 2.05) is 11.6 Å².